The Morgan fingerprint density at radius 1 is 0.396 bits per heavy atom. The van der Waals surface area contributed by atoms with Gasteiger partial charge >= 0.3 is 0 Å². The summed E-state index contributed by atoms with van der Waals surface area (Å²) in [5.41, 5.74) is 4.71. The molecule has 0 aliphatic rings. The number of quaternary nitrogens is 2. The molecule has 0 atom stereocenters. The second kappa shape index (κ2) is 12.6. The smallest absolute Gasteiger partial charge is 0.162 e. The lowest BCUT2D eigenvalue weighted by molar-refractivity contribution is -0.870. The second-order valence-corrected chi connectivity index (χ2v) is 15.0. The molecule has 48 heavy (non-hydrogen) atoms. The predicted molar refractivity (Wildman–Crippen MR) is 204 cm³/mol. The Morgan fingerprint density at radius 2 is 0.688 bits per heavy atom. The van der Waals surface area contributed by atoms with Crippen LogP contribution in [0.4, 0.5) is 0 Å². The van der Waals surface area contributed by atoms with E-state index in [9.17, 15) is 0 Å². The Bertz CT molecular complexity index is 2000. The van der Waals surface area contributed by atoms with E-state index in [1.807, 2.05) is 0 Å². The van der Waals surface area contributed by atoms with Crippen LogP contribution in [-0.4, -0.2) is 77.6 Å². The minimum absolute atomic E-state index is 0.585. The summed E-state index contributed by atoms with van der Waals surface area (Å²) < 4.78 is 15.0. The molecule has 0 radical (unpaired) electrons. The monoisotopic (exact) mass is 634 g/mol. The normalized spacial score (nSPS) is 12.3. The van der Waals surface area contributed by atoms with Crippen LogP contribution in [0.2, 0.25) is 0 Å². The minimum atomic E-state index is 0.585. The number of rotatable bonds is 10. The van der Waals surface area contributed by atoms with Gasteiger partial charge in [-0.2, -0.15) is 0 Å². The van der Waals surface area contributed by atoms with Crippen molar-refractivity contribution in [1.82, 2.24) is 0 Å². The lowest BCUT2D eigenvalue weighted by Gasteiger charge is -2.26. The fourth-order valence-electron chi connectivity index (χ4n) is 6.67. The summed E-state index contributed by atoms with van der Waals surface area (Å²) in [5.74, 6) is 1.57. The van der Waals surface area contributed by atoms with Crippen molar-refractivity contribution in [3.8, 4) is 33.8 Å². The third-order valence-corrected chi connectivity index (χ3v) is 9.20. The van der Waals surface area contributed by atoms with Crippen molar-refractivity contribution in [1.29, 1.82) is 0 Å². The molecule has 7 rings (SSSR count). The average molecular weight is 635 g/mol. The van der Waals surface area contributed by atoms with Gasteiger partial charge in [-0.25, -0.2) is 0 Å². The van der Waals surface area contributed by atoms with E-state index in [4.69, 9.17) is 9.47 Å². The summed E-state index contributed by atoms with van der Waals surface area (Å²) in [6, 6.07) is 44.1. The van der Waals surface area contributed by atoms with Gasteiger partial charge in [0.05, 0.1) is 42.3 Å². The van der Waals surface area contributed by atoms with Crippen molar-refractivity contribution in [3.05, 3.63) is 121 Å². The van der Waals surface area contributed by atoms with Gasteiger partial charge in [0.1, 0.15) is 26.3 Å². The van der Waals surface area contributed by atoms with E-state index < -0.39 is 0 Å². The molecule has 4 nitrogen and oxygen atoms in total. The molecule has 0 fully saturated rings. The van der Waals surface area contributed by atoms with Crippen molar-refractivity contribution < 1.29 is 18.4 Å². The SMILES string of the molecule is C[N+](C)(C)CCOc1cc(-c2c3ccccc3cc3ccccc23)c(-c2c3ccccc3cc3ccccc23)cc1OCC[N+](C)(C)C. The summed E-state index contributed by atoms with van der Waals surface area (Å²) >= 11 is 0. The van der Waals surface area contributed by atoms with Gasteiger partial charge in [-0.05, 0) is 89.6 Å². The molecule has 0 N–H and O–H groups in total. The third kappa shape index (κ3) is 6.47. The maximum atomic E-state index is 6.70. The number of nitrogens with zero attached hydrogens (tertiary/aromatic N) is 2. The highest BCUT2D eigenvalue weighted by Crippen LogP contribution is 2.49. The van der Waals surface area contributed by atoms with E-state index in [0.29, 0.717) is 13.2 Å². The Morgan fingerprint density at radius 3 is 0.979 bits per heavy atom. The summed E-state index contributed by atoms with van der Waals surface area (Å²) in [4.78, 5) is 0. The predicted octanol–water partition coefficient (Wildman–Crippen LogP) is 9.80. The van der Waals surface area contributed by atoms with E-state index in [-0.39, 0.29) is 0 Å². The molecule has 4 heteroatoms. The van der Waals surface area contributed by atoms with Crippen LogP contribution in [0, 0.1) is 0 Å². The van der Waals surface area contributed by atoms with Crippen LogP contribution in [-0.2, 0) is 0 Å². The van der Waals surface area contributed by atoms with Gasteiger partial charge in [0.15, 0.2) is 11.5 Å². The van der Waals surface area contributed by atoms with Crippen LogP contribution in [0.1, 0.15) is 0 Å². The van der Waals surface area contributed by atoms with E-state index in [1.165, 1.54) is 54.2 Å². The molecule has 0 bridgehead atoms. The van der Waals surface area contributed by atoms with Gasteiger partial charge in [0, 0.05) is 0 Å². The van der Waals surface area contributed by atoms with Crippen LogP contribution < -0.4 is 9.47 Å². The molecule has 7 aromatic rings. The van der Waals surface area contributed by atoms with Gasteiger partial charge in [-0.1, -0.05) is 97.1 Å². The second-order valence-electron chi connectivity index (χ2n) is 15.0. The first-order valence-corrected chi connectivity index (χ1v) is 16.9. The van der Waals surface area contributed by atoms with Crippen molar-refractivity contribution in [2.45, 2.75) is 0 Å². The van der Waals surface area contributed by atoms with E-state index in [2.05, 4.69) is 164 Å². The summed E-state index contributed by atoms with van der Waals surface area (Å²) in [6.45, 7) is 2.92. The Labute approximate surface area is 284 Å². The van der Waals surface area contributed by atoms with E-state index in [1.54, 1.807) is 0 Å². The molecule has 0 saturated carbocycles. The molecule has 242 valence electrons. The van der Waals surface area contributed by atoms with Gasteiger partial charge in [0.25, 0.3) is 0 Å². The summed E-state index contributed by atoms with van der Waals surface area (Å²) in [7, 11) is 13.2. The molecular weight excluding hydrogens is 588 g/mol. The quantitative estimate of drug-likeness (QED) is 0.110. The zero-order valence-electron chi connectivity index (χ0n) is 29.1. The molecule has 0 aromatic heterocycles. The van der Waals surface area contributed by atoms with Gasteiger partial charge < -0.3 is 18.4 Å². The highest BCUT2D eigenvalue weighted by Gasteiger charge is 2.23. The summed E-state index contributed by atoms with van der Waals surface area (Å²) in [6.07, 6.45) is 0. The Kier molecular flexibility index (Phi) is 8.32. The zero-order valence-corrected chi connectivity index (χ0v) is 29.1. The highest BCUT2D eigenvalue weighted by atomic mass is 16.5. The third-order valence-electron chi connectivity index (χ3n) is 9.20. The highest BCUT2D eigenvalue weighted by molar-refractivity contribution is 6.19. The fraction of sp³-hybridized carbons (Fsp3) is 0.227. The molecule has 0 heterocycles. The van der Waals surface area contributed by atoms with Gasteiger partial charge in [0.2, 0.25) is 0 Å². The van der Waals surface area contributed by atoms with Gasteiger partial charge in [-0.3, -0.25) is 0 Å². The molecule has 0 spiro atoms. The molecule has 0 aliphatic carbocycles. The number of likely N-dealkylation sites (N-methyl/N-ethyl adjacent to an activating group) is 2. The molecule has 0 saturated heterocycles. The molecule has 7 aromatic carbocycles. The first kappa shape index (κ1) is 31.7. The van der Waals surface area contributed by atoms with Gasteiger partial charge in [-0.15, -0.1) is 0 Å². The lowest BCUT2D eigenvalue weighted by atomic mass is 9.84. The largest absolute Gasteiger partial charge is 0.484 e. The Hall–Kier alpha value is -4.90. The van der Waals surface area contributed by atoms with Crippen molar-refractivity contribution >= 4 is 43.1 Å². The first-order chi connectivity index (χ1) is 23.1. The number of ether oxygens (including phenoxy) is 2. The van der Waals surface area contributed by atoms with E-state index >= 15 is 0 Å². The topological polar surface area (TPSA) is 18.5 Å². The maximum absolute atomic E-state index is 6.70. The average Bonchev–Trinajstić information content (AvgIpc) is 3.05. The number of hydrogen-bond acceptors (Lipinski definition) is 2. The molecule has 0 unspecified atom stereocenters. The van der Waals surface area contributed by atoms with Crippen molar-refractivity contribution in [3.63, 3.8) is 0 Å². The molecule has 0 aliphatic heterocycles. The van der Waals surface area contributed by atoms with Crippen molar-refractivity contribution in [2.24, 2.45) is 0 Å². The van der Waals surface area contributed by atoms with Crippen LogP contribution in [0.25, 0.3) is 65.3 Å². The number of benzene rings is 7. The standard InChI is InChI=1S/C44H46N2O2/c1-45(2,3)23-25-47-41-29-39(43-35-19-11-7-15-31(35)27-32-16-8-12-20-36(32)43)40(30-42(41)48-26-24-46(4,5)6)44-37-21-13-9-17-33(37)28-34-18-10-14-22-38(34)44/h7-22,27-30H,23-26H2,1-6H3/q+2. The first-order valence-electron chi connectivity index (χ1n) is 16.9. The molecular formula is C44H46N2O2+2. The lowest BCUT2D eigenvalue weighted by Crippen LogP contribution is -2.38. The van der Waals surface area contributed by atoms with Crippen LogP contribution in [0.3, 0.4) is 0 Å². The zero-order chi connectivity index (χ0) is 33.5. The number of fused-ring (bicyclic) bond motifs is 4. The van der Waals surface area contributed by atoms with Crippen molar-refractivity contribution in [2.75, 3.05) is 68.6 Å². The van der Waals surface area contributed by atoms with Crippen LogP contribution in [0.5, 0.6) is 11.5 Å². The van der Waals surface area contributed by atoms with Crippen LogP contribution >= 0.6 is 0 Å². The maximum Gasteiger partial charge on any atom is 0.162 e. The van der Waals surface area contributed by atoms with E-state index in [0.717, 1.165) is 44.7 Å². The Balaban J connectivity index is 1.58. The number of hydrogen-bond donors (Lipinski definition) is 0. The summed E-state index contributed by atoms with van der Waals surface area (Å²) in [5, 5.41) is 9.75. The minimum Gasteiger partial charge on any atom is -0.484 e. The fourth-order valence-corrected chi connectivity index (χ4v) is 6.67. The van der Waals surface area contributed by atoms with Crippen LogP contribution in [0.15, 0.2) is 121 Å². The molecule has 0 amide bonds.